The summed E-state index contributed by atoms with van der Waals surface area (Å²) in [4.78, 5) is 28.0. The molecule has 0 aliphatic carbocycles. The van der Waals surface area contributed by atoms with E-state index in [9.17, 15) is 9.59 Å². The predicted molar refractivity (Wildman–Crippen MR) is 79.9 cm³/mol. The molecule has 0 atom stereocenters. The van der Waals surface area contributed by atoms with Gasteiger partial charge in [-0.15, -0.1) is 0 Å². The van der Waals surface area contributed by atoms with Gasteiger partial charge in [0.2, 0.25) is 5.91 Å². The quantitative estimate of drug-likeness (QED) is 0.793. The number of imidazole rings is 1. The lowest BCUT2D eigenvalue weighted by Crippen LogP contribution is -2.42. The molecule has 0 spiro atoms. The molecule has 0 fully saturated rings. The number of nitrogens with one attached hydrogen (secondary N) is 1. The van der Waals surface area contributed by atoms with E-state index < -0.39 is 5.97 Å². The molecule has 1 amide bonds. The third-order valence-corrected chi connectivity index (χ3v) is 2.69. The topological polar surface area (TPSA) is 99.2 Å². The summed E-state index contributed by atoms with van der Waals surface area (Å²) in [6.07, 6.45) is 0.562. The fraction of sp³-hybridized carbons (Fsp3) is 0.643. The molecule has 0 bridgehead atoms. The number of ether oxygens (including phenoxy) is 1. The van der Waals surface area contributed by atoms with E-state index in [-0.39, 0.29) is 36.1 Å². The van der Waals surface area contributed by atoms with Gasteiger partial charge in [0.25, 0.3) is 0 Å². The molecule has 7 heteroatoms. The van der Waals surface area contributed by atoms with E-state index >= 15 is 0 Å². The van der Waals surface area contributed by atoms with Crippen LogP contribution in [0.1, 0.15) is 50.9 Å². The van der Waals surface area contributed by atoms with Crippen LogP contribution in [0.4, 0.5) is 5.82 Å². The maximum absolute atomic E-state index is 12.0. The summed E-state index contributed by atoms with van der Waals surface area (Å²) < 4.78 is 6.46. The molecule has 0 saturated heterocycles. The van der Waals surface area contributed by atoms with Crippen molar-refractivity contribution in [3.05, 3.63) is 11.5 Å². The van der Waals surface area contributed by atoms with E-state index in [0.717, 1.165) is 0 Å². The molecule has 0 radical (unpaired) electrons. The fourth-order valence-electron chi connectivity index (χ4n) is 1.91. The Bertz CT molecular complexity index is 529. The van der Waals surface area contributed by atoms with Gasteiger partial charge >= 0.3 is 5.97 Å². The number of aryl methyl sites for hydroxylation is 1. The van der Waals surface area contributed by atoms with Crippen LogP contribution < -0.4 is 11.1 Å². The number of esters is 1. The summed E-state index contributed by atoms with van der Waals surface area (Å²) in [5.74, 6) is -0.00893. The number of amides is 1. The Morgan fingerprint density at radius 2 is 1.95 bits per heavy atom. The molecule has 0 unspecified atom stereocenters. The standard InChI is InChI=1S/C14H24N4O3/c1-6-9-16-11(13(20)21-7-2)12(15)18(9)8-10(19)17-14(3,4)5/h6-8,15H2,1-5H3,(H,17,19). The number of nitrogens with zero attached hydrogens (tertiary/aromatic N) is 2. The van der Waals surface area contributed by atoms with E-state index in [1.165, 1.54) is 0 Å². The van der Waals surface area contributed by atoms with Crippen molar-refractivity contribution in [1.82, 2.24) is 14.9 Å². The second-order valence-corrected chi connectivity index (χ2v) is 5.72. The number of hydrogen-bond donors (Lipinski definition) is 2. The van der Waals surface area contributed by atoms with Gasteiger partial charge in [-0.2, -0.15) is 0 Å². The minimum Gasteiger partial charge on any atom is -0.461 e. The van der Waals surface area contributed by atoms with E-state index in [1.54, 1.807) is 11.5 Å². The fourth-order valence-corrected chi connectivity index (χ4v) is 1.91. The first-order valence-electron chi connectivity index (χ1n) is 7.02. The lowest BCUT2D eigenvalue weighted by Gasteiger charge is -2.21. The molecule has 0 aliphatic heterocycles. The maximum Gasteiger partial charge on any atom is 0.360 e. The predicted octanol–water partition coefficient (Wildman–Crippen LogP) is 1.12. The largest absolute Gasteiger partial charge is 0.461 e. The first-order chi connectivity index (χ1) is 9.69. The Labute approximate surface area is 124 Å². The van der Waals surface area contributed by atoms with Crippen molar-refractivity contribution < 1.29 is 14.3 Å². The molecule has 7 nitrogen and oxygen atoms in total. The molecule has 1 aromatic heterocycles. The lowest BCUT2D eigenvalue weighted by atomic mass is 10.1. The molecule has 1 aromatic rings. The normalized spacial score (nSPS) is 11.3. The van der Waals surface area contributed by atoms with E-state index in [0.29, 0.717) is 12.2 Å². The molecule has 0 aromatic carbocycles. The van der Waals surface area contributed by atoms with Gasteiger partial charge in [-0.3, -0.25) is 4.79 Å². The van der Waals surface area contributed by atoms with Crippen molar-refractivity contribution in [2.75, 3.05) is 12.3 Å². The molecular weight excluding hydrogens is 272 g/mol. The first kappa shape index (κ1) is 17.0. The SMILES string of the molecule is CCOC(=O)c1nc(CC)n(CC(=O)NC(C)(C)C)c1N. The average molecular weight is 296 g/mol. The monoisotopic (exact) mass is 296 g/mol. The molecule has 3 N–H and O–H groups in total. The second-order valence-electron chi connectivity index (χ2n) is 5.72. The molecule has 118 valence electrons. The summed E-state index contributed by atoms with van der Waals surface area (Å²) >= 11 is 0. The zero-order valence-electron chi connectivity index (χ0n) is 13.3. The van der Waals surface area contributed by atoms with Gasteiger partial charge in [0.05, 0.1) is 6.61 Å². The van der Waals surface area contributed by atoms with Crippen LogP contribution in [0.5, 0.6) is 0 Å². The van der Waals surface area contributed by atoms with Crippen LogP contribution in [0.15, 0.2) is 0 Å². The van der Waals surface area contributed by atoms with Crippen molar-refractivity contribution in [3.63, 3.8) is 0 Å². The summed E-state index contributed by atoms with van der Waals surface area (Å²) in [7, 11) is 0. The van der Waals surface area contributed by atoms with Crippen LogP contribution in [-0.2, 0) is 22.5 Å². The Hall–Kier alpha value is -2.05. The number of anilines is 1. The Morgan fingerprint density at radius 1 is 1.33 bits per heavy atom. The smallest absolute Gasteiger partial charge is 0.360 e. The van der Waals surface area contributed by atoms with Crippen LogP contribution in [0.25, 0.3) is 0 Å². The molecule has 0 aliphatic rings. The third kappa shape index (κ3) is 4.47. The van der Waals surface area contributed by atoms with Gasteiger partial charge in [-0.1, -0.05) is 6.92 Å². The summed E-state index contributed by atoms with van der Waals surface area (Å²) in [5.41, 5.74) is 5.68. The number of carbonyl (C=O) groups is 2. The van der Waals surface area contributed by atoms with Crippen molar-refractivity contribution in [3.8, 4) is 0 Å². The molecule has 0 saturated carbocycles. The first-order valence-corrected chi connectivity index (χ1v) is 7.02. The molecule has 1 rings (SSSR count). The van der Waals surface area contributed by atoms with E-state index in [2.05, 4.69) is 10.3 Å². The minimum atomic E-state index is -0.570. The Kier molecular flexibility index (Phi) is 5.34. The minimum absolute atomic E-state index is 0.0265. The van der Waals surface area contributed by atoms with Gasteiger partial charge in [-0.05, 0) is 27.7 Å². The van der Waals surface area contributed by atoms with Crippen LogP contribution >= 0.6 is 0 Å². The lowest BCUT2D eigenvalue weighted by molar-refractivity contribution is -0.123. The number of rotatable bonds is 5. The number of nitrogens with two attached hydrogens (primary N) is 1. The highest BCUT2D eigenvalue weighted by Crippen LogP contribution is 2.16. The molecule has 21 heavy (non-hydrogen) atoms. The number of aromatic nitrogens is 2. The summed E-state index contributed by atoms with van der Waals surface area (Å²) in [6, 6.07) is 0. The Balaban J connectivity index is 3.01. The van der Waals surface area contributed by atoms with Crippen LogP contribution in [0, 0.1) is 0 Å². The summed E-state index contributed by atoms with van der Waals surface area (Å²) in [5, 5.41) is 2.85. The number of carbonyl (C=O) groups excluding carboxylic acids is 2. The maximum atomic E-state index is 12.0. The van der Waals surface area contributed by atoms with Crippen molar-refractivity contribution in [2.45, 2.75) is 53.1 Å². The zero-order chi connectivity index (χ0) is 16.2. The number of hydrogen-bond acceptors (Lipinski definition) is 5. The highest BCUT2D eigenvalue weighted by molar-refractivity contribution is 5.92. The summed E-state index contributed by atoms with van der Waals surface area (Å²) in [6.45, 7) is 9.56. The third-order valence-electron chi connectivity index (χ3n) is 2.69. The van der Waals surface area contributed by atoms with E-state index in [1.807, 2.05) is 27.7 Å². The highest BCUT2D eigenvalue weighted by Gasteiger charge is 2.23. The molecular formula is C14H24N4O3. The van der Waals surface area contributed by atoms with Gasteiger partial charge in [0.1, 0.15) is 18.2 Å². The second kappa shape index (κ2) is 6.60. The van der Waals surface area contributed by atoms with Crippen LogP contribution in [-0.4, -0.2) is 33.6 Å². The van der Waals surface area contributed by atoms with Gasteiger partial charge in [-0.25, -0.2) is 9.78 Å². The van der Waals surface area contributed by atoms with Gasteiger partial charge < -0.3 is 20.4 Å². The van der Waals surface area contributed by atoms with E-state index in [4.69, 9.17) is 10.5 Å². The van der Waals surface area contributed by atoms with Gasteiger partial charge in [0, 0.05) is 12.0 Å². The van der Waals surface area contributed by atoms with Crippen molar-refractivity contribution in [1.29, 1.82) is 0 Å². The van der Waals surface area contributed by atoms with Crippen molar-refractivity contribution in [2.24, 2.45) is 0 Å². The Morgan fingerprint density at radius 3 is 2.43 bits per heavy atom. The van der Waals surface area contributed by atoms with Crippen LogP contribution in [0.2, 0.25) is 0 Å². The molecule has 1 heterocycles. The number of nitrogen functional groups attached to an aromatic ring is 1. The average Bonchev–Trinajstić information content (AvgIpc) is 2.65. The highest BCUT2D eigenvalue weighted by atomic mass is 16.5. The van der Waals surface area contributed by atoms with Crippen molar-refractivity contribution >= 4 is 17.7 Å². The van der Waals surface area contributed by atoms with Gasteiger partial charge in [0.15, 0.2) is 5.69 Å². The zero-order valence-corrected chi connectivity index (χ0v) is 13.3. The van der Waals surface area contributed by atoms with Crippen LogP contribution in [0.3, 0.4) is 0 Å².